The normalized spacial score (nSPS) is 10.3. The maximum absolute atomic E-state index is 9.12. The van der Waals surface area contributed by atoms with E-state index < -0.39 is 0 Å². The van der Waals surface area contributed by atoms with Crippen LogP contribution in [0.4, 0.5) is 0 Å². The summed E-state index contributed by atoms with van der Waals surface area (Å²) in [5, 5.41) is 9.12. The predicted octanol–water partition coefficient (Wildman–Crippen LogP) is 2.87. The number of nitrogens with zero attached hydrogens (tertiary/aromatic N) is 3. The van der Waals surface area contributed by atoms with Crippen LogP contribution < -0.4 is 0 Å². The molecule has 3 heteroatoms. The summed E-state index contributed by atoms with van der Waals surface area (Å²) in [4.78, 5) is 4.11. The Bertz CT molecular complexity index is 705. The SMILES string of the molecule is N#Cc1cc(-c2cccnc2)n2ccccc12. The summed E-state index contributed by atoms with van der Waals surface area (Å²) in [6.45, 7) is 0. The van der Waals surface area contributed by atoms with Crippen molar-refractivity contribution < 1.29 is 0 Å². The van der Waals surface area contributed by atoms with Gasteiger partial charge in [-0.2, -0.15) is 5.26 Å². The van der Waals surface area contributed by atoms with Crippen LogP contribution in [0.25, 0.3) is 16.8 Å². The molecular formula is C14H9N3. The highest BCUT2D eigenvalue weighted by Crippen LogP contribution is 2.24. The van der Waals surface area contributed by atoms with Crippen LogP contribution in [0.15, 0.2) is 55.0 Å². The lowest BCUT2D eigenvalue weighted by molar-refractivity contribution is 1.19. The van der Waals surface area contributed by atoms with Crippen molar-refractivity contribution in [3.63, 3.8) is 0 Å². The molecule has 0 aromatic carbocycles. The fourth-order valence-electron chi connectivity index (χ4n) is 1.98. The minimum atomic E-state index is 0.685. The van der Waals surface area contributed by atoms with Gasteiger partial charge in [0.2, 0.25) is 0 Å². The molecule has 0 saturated heterocycles. The molecule has 80 valence electrons. The predicted molar refractivity (Wildman–Crippen MR) is 65.3 cm³/mol. The lowest BCUT2D eigenvalue weighted by atomic mass is 10.2. The molecule has 0 fully saturated rings. The summed E-state index contributed by atoms with van der Waals surface area (Å²) in [6.07, 6.45) is 5.50. The Morgan fingerprint density at radius 2 is 2.12 bits per heavy atom. The Balaban J connectivity index is 2.35. The average molecular weight is 219 g/mol. The molecule has 0 unspecified atom stereocenters. The van der Waals surface area contributed by atoms with Gasteiger partial charge in [-0.05, 0) is 30.3 Å². The second-order valence-corrected chi connectivity index (χ2v) is 3.75. The van der Waals surface area contributed by atoms with Gasteiger partial charge in [0.05, 0.1) is 16.8 Å². The van der Waals surface area contributed by atoms with Crippen LogP contribution in [0, 0.1) is 11.3 Å². The van der Waals surface area contributed by atoms with Crippen molar-refractivity contribution in [1.29, 1.82) is 5.26 Å². The summed E-state index contributed by atoms with van der Waals surface area (Å²) >= 11 is 0. The largest absolute Gasteiger partial charge is 0.315 e. The van der Waals surface area contributed by atoms with E-state index in [1.54, 1.807) is 12.4 Å². The lowest BCUT2D eigenvalue weighted by Crippen LogP contribution is -1.87. The van der Waals surface area contributed by atoms with E-state index in [0.29, 0.717) is 5.56 Å². The van der Waals surface area contributed by atoms with Crippen LogP contribution in [0.1, 0.15) is 5.56 Å². The van der Waals surface area contributed by atoms with E-state index >= 15 is 0 Å². The number of nitriles is 1. The first-order chi connectivity index (χ1) is 8.40. The molecule has 3 aromatic rings. The summed E-state index contributed by atoms with van der Waals surface area (Å²) in [6, 6.07) is 13.8. The van der Waals surface area contributed by atoms with Gasteiger partial charge in [-0.1, -0.05) is 6.07 Å². The lowest BCUT2D eigenvalue weighted by Gasteiger charge is -2.01. The molecule has 0 atom stereocenters. The van der Waals surface area contributed by atoms with Gasteiger partial charge in [0, 0.05) is 24.2 Å². The number of hydrogen-bond acceptors (Lipinski definition) is 2. The van der Waals surface area contributed by atoms with Crippen LogP contribution >= 0.6 is 0 Å². The Kier molecular flexibility index (Phi) is 2.13. The molecule has 3 aromatic heterocycles. The highest BCUT2D eigenvalue weighted by Gasteiger charge is 2.09. The van der Waals surface area contributed by atoms with Gasteiger partial charge in [-0.3, -0.25) is 4.98 Å². The first-order valence-corrected chi connectivity index (χ1v) is 5.31. The van der Waals surface area contributed by atoms with Gasteiger partial charge in [0.15, 0.2) is 0 Å². The molecule has 17 heavy (non-hydrogen) atoms. The van der Waals surface area contributed by atoms with Crippen LogP contribution in [-0.4, -0.2) is 9.38 Å². The van der Waals surface area contributed by atoms with E-state index in [-0.39, 0.29) is 0 Å². The van der Waals surface area contributed by atoms with Gasteiger partial charge >= 0.3 is 0 Å². The smallest absolute Gasteiger partial charge is 0.101 e. The molecule has 0 N–H and O–H groups in total. The Hall–Kier alpha value is -2.60. The molecule has 3 rings (SSSR count). The topological polar surface area (TPSA) is 41.1 Å². The van der Waals surface area contributed by atoms with E-state index in [0.717, 1.165) is 16.8 Å². The zero-order valence-corrected chi connectivity index (χ0v) is 9.04. The third-order valence-corrected chi connectivity index (χ3v) is 2.75. The van der Waals surface area contributed by atoms with Crippen LogP contribution in [0.5, 0.6) is 0 Å². The van der Waals surface area contributed by atoms with Crippen LogP contribution in [-0.2, 0) is 0 Å². The monoisotopic (exact) mass is 219 g/mol. The average Bonchev–Trinajstić information content (AvgIpc) is 2.78. The molecule has 0 spiro atoms. The maximum atomic E-state index is 9.12. The minimum Gasteiger partial charge on any atom is -0.315 e. The summed E-state index contributed by atoms with van der Waals surface area (Å²) in [5.41, 5.74) is 3.61. The second-order valence-electron chi connectivity index (χ2n) is 3.75. The molecule has 0 bridgehead atoms. The van der Waals surface area contributed by atoms with Crippen molar-refractivity contribution in [3.05, 3.63) is 60.6 Å². The van der Waals surface area contributed by atoms with Crippen molar-refractivity contribution >= 4 is 5.52 Å². The van der Waals surface area contributed by atoms with Crippen molar-refractivity contribution in [3.8, 4) is 17.3 Å². The number of rotatable bonds is 1. The van der Waals surface area contributed by atoms with Crippen LogP contribution in [0.3, 0.4) is 0 Å². The van der Waals surface area contributed by atoms with Crippen molar-refractivity contribution in [2.75, 3.05) is 0 Å². The van der Waals surface area contributed by atoms with E-state index in [4.69, 9.17) is 5.26 Å². The third kappa shape index (κ3) is 1.47. The second kappa shape index (κ2) is 3.76. The van der Waals surface area contributed by atoms with Crippen LogP contribution in [0.2, 0.25) is 0 Å². The first kappa shape index (κ1) is 9.61. The molecule has 0 aliphatic rings. The summed E-state index contributed by atoms with van der Waals surface area (Å²) in [5.74, 6) is 0. The fourth-order valence-corrected chi connectivity index (χ4v) is 1.98. The molecule has 0 amide bonds. The summed E-state index contributed by atoms with van der Waals surface area (Å²) < 4.78 is 2.01. The molecule has 3 nitrogen and oxygen atoms in total. The van der Waals surface area contributed by atoms with E-state index in [1.165, 1.54) is 0 Å². The zero-order valence-electron chi connectivity index (χ0n) is 9.04. The Morgan fingerprint density at radius 3 is 2.88 bits per heavy atom. The molecule has 0 saturated carbocycles. The zero-order chi connectivity index (χ0) is 11.7. The fraction of sp³-hybridized carbons (Fsp3) is 0. The molecule has 0 aliphatic heterocycles. The van der Waals surface area contributed by atoms with Gasteiger partial charge in [0.25, 0.3) is 0 Å². The number of aromatic nitrogens is 2. The van der Waals surface area contributed by atoms with Gasteiger partial charge in [0.1, 0.15) is 6.07 Å². The van der Waals surface area contributed by atoms with Gasteiger partial charge in [-0.25, -0.2) is 0 Å². The van der Waals surface area contributed by atoms with E-state index in [9.17, 15) is 0 Å². The summed E-state index contributed by atoms with van der Waals surface area (Å²) in [7, 11) is 0. The van der Waals surface area contributed by atoms with Crippen molar-refractivity contribution in [2.24, 2.45) is 0 Å². The maximum Gasteiger partial charge on any atom is 0.101 e. The van der Waals surface area contributed by atoms with Gasteiger partial charge < -0.3 is 4.40 Å². The van der Waals surface area contributed by atoms with Crippen molar-refractivity contribution in [2.45, 2.75) is 0 Å². The standard InChI is InChI=1S/C14H9N3/c15-9-12-8-14(11-4-3-6-16-10-11)17-7-2-1-5-13(12)17/h1-8,10H. The third-order valence-electron chi connectivity index (χ3n) is 2.75. The Morgan fingerprint density at radius 1 is 1.18 bits per heavy atom. The van der Waals surface area contributed by atoms with E-state index in [1.807, 2.05) is 47.0 Å². The first-order valence-electron chi connectivity index (χ1n) is 5.31. The molecule has 0 aliphatic carbocycles. The number of hydrogen-bond donors (Lipinski definition) is 0. The molecule has 0 radical (unpaired) electrons. The Labute approximate surface area is 98.6 Å². The van der Waals surface area contributed by atoms with Gasteiger partial charge in [-0.15, -0.1) is 0 Å². The number of pyridine rings is 2. The highest BCUT2D eigenvalue weighted by molar-refractivity contribution is 5.73. The molecular weight excluding hydrogens is 210 g/mol. The molecule has 3 heterocycles. The highest BCUT2D eigenvalue weighted by atomic mass is 14.9. The quantitative estimate of drug-likeness (QED) is 0.631. The number of fused-ring (bicyclic) bond motifs is 1. The minimum absolute atomic E-state index is 0.685. The van der Waals surface area contributed by atoms with Crippen molar-refractivity contribution in [1.82, 2.24) is 9.38 Å². The van der Waals surface area contributed by atoms with E-state index in [2.05, 4.69) is 11.1 Å².